The number of piperazine rings is 1. The van der Waals surface area contributed by atoms with Crippen molar-refractivity contribution < 1.29 is 9.53 Å². The molecule has 0 radical (unpaired) electrons. The first-order valence-electron chi connectivity index (χ1n) is 10.5. The molecule has 160 valence electrons. The van der Waals surface area contributed by atoms with Crippen molar-refractivity contribution in [3.8, 4) is 11.3 Å². The first-order valence-corrected chi connectivity index (χ1v) is 10.5. The van der Waals surface area contributed by atoms with Gasteiger partial charge in [-0.05, 0) is 20.8 Å². The Morgan fingerprint density at radius 2 is 1.68 bits per heavy atom. The molecule has 4 rings (SSSR count). The molecular formula is C23H26N6O2. The van der Waals surface area contributed by atoms with Crippen molar-refractivity contribution in [3.63, 3.8) is 0 Å². The van der Waals surface area contributed by atoms with Gasteiger partial charge < -0.3 is 14.5 Å². The van der Waals surface area contributed by atoms with Gasteiger partial charge in [-0.2, -0.15) is 0 Å². The molecule has 0 saturated carbocycles. The normalized spacial score (nSPS) is 13.9. The first-order chi connectivity index (χ1) is 15.0. The molecular weight excluding hydrogens is 392 g/mol. The van der Waals surface area contributed by atoms with E-state index in [1.54, 1.807) is 13.1 Å². The molecule has 1 fully saturated rings. The molecule has 8 nitrogen and oxygen atoms in total. The second-order valence-electron chi connectivity index (χ2n) is 7.37. The Morgan fingerprint density at radius 1 is 0.968 bits per heavy atom. The molecule has 0 atom stereocenters. The highest BCUT2D eigenvalue weighted by Crippen LogP contribution is 2.25. The standard InChI is InChI=1S/C23H26N6O2/c1-4-31-23(30)19-15-24-16(2)27-22(19)29-12-10-28(11-13-29)21-14-20(25-17(3)26-21)18-8-6-5-7-9-18/h5-9,14-15H,4,10-13H2,1-3H3. The average molecular weight is 419 g/mol. The molecule has 1 saturated heterocycles. The maximum Gasteiger partial charge on any atom is 0.343 e. The Balaban J connectivity index is 1.53. The summed E-state index contributed by atoms with van der Waals surface area (Å²) in [4.78, 5) is 34.7. The minimum atomic E-state index is -0.390. The largest absolute Gasteiger partial charge is 0.462 e. The fourth-order valence-electron chi connectivity index (χ4n) is 3.67. The summed E-state index contributed by atoms with van der Waals surface area (Å²) in [5.41, 5.74) is 2.40. The minimum Gasteiger partial charge on any atom is -0.462 e. The van der Waals surface area contributed by atoms with Crippen molar-refractivity contribution in [3.05, 3.63) is 59.8 Å². The predicted octanol–water partition coefficient (Wildman–Crippen LogP) is 3.05. The summed E-state index contributed by atoms with van der Waals surface area (Å²) in [5, 5.41) is 0. The van der Waals surface area contributed by atoms with Crippen molar-refractivity contribution in [2.75, 3.05) is 42.6 Å². The zero-order valence-electron chi connectivity index (χ0n) is 18.1. The van der Waals surface area contributed by atoms with E-state index >= 15 is 0 Å². The molecule has 31 heavy (non-hydrogen) atoms. The van der Waals surface area contributed by atoms with Gasteiger partial charge in [-0.25, -0.2) is 24.7 Å². The number of ether oxygens (including phenoxy) is 1. The Hall–Kier alpha value is -3.55. The molecule has 0 N–H and O–H groups in total. The van der Waals surface area contributed by atoms with Gasteiger partial charge in [0.05, 0.1) is 12.3 Å². The van der Waals surface area contributed by atoms with Gasteiger partial charge in [-0.3, -0.25) is 0 Å². The van der Waals surface area contributed by atoms with E-state index in [9.17, 15) is 4.79 Å². The number of esters is 1. The second-order valence-corrected chi connectivity index (χ2v) is 7.37. The lowest BCUT2D eigenvalue weighted by molar-refractivity contribution is 0.0526. The van der Waals surface area contributed by atoms with E-state index in [0.717, 1.165) is 36.0 Å². The number of carbonyl (C=O) groups is 1. The molecule has 0 bridgehead atoms. The van der Waals surface area contributed by atoms with E-state index in [2.05, 4.69) is 41.9 Å². The molecule has 8 heteroatoms. The van der Waals surface area contributed by atoms with Crippen LogP contribution in [0.4, 0.5) is 11.6 Å². The molecule has 0 unspecified atom stereocenters. The van der Waals surface area contributed by atoms with Gasteiger partial charge >= 0.3 is 5.97 Å². The zero-order chi connectivity index (χ0) is 21.8. The van der Waals surface area contributed by atoms with E-state index in [1.165, 1.54) is 0 Å². The monoisotopic (exact) mass is 418 g/mol. The quantitative estimate of drug-likeness (QED) is 0.585. The van der Waals surface area contributed by atoms with Crippen LogP contribution in [0.5, 0.6) is 0 Å². The van der Waals surface area contributed by atoms with Crippen molar-refractivity contribution in [1.82, 2.24) is 19.9 Å². The van der Waals surface area contributed by atoms with E-state index in [0.29, 0.717) is 36.9 Å². The first kappa shape index (κ1) is 20.7. The van der Waals surface area contributed by atoms with Crippen molar-refractivity contribution in [2.45, 2.75) is 20.8 Å². The lowest BCUT2D eigenvalue weighted by Crippen LogP contribution is -2.47. The summed E-state index contributed by atoms with van der Waals surface area (Å²) < 4.78 is 5.19. The molecule has 1 aromatic carbocycles. The van der Waals surface area contributed by atoms with Crippen LogP contribution in [-0.4, -0.2) is 58.7 Å². The van der Waals surface area contributed by atoms with Gasteiger partial charge in [0.15, 0.2) is 0 Å². The second kappa shape index (κ2) is 9.07. The smallest absolute Gasteiger partial charge is 0.343 e. The average Bonchev–Trinajstić information content (AvgIpc) is 2.79. The van der Waals surface area contributed by atoms with Gasteiger partial charge in [0.25, 0.3) is 0 Å². The number of carbonyl (C=O) groups excluding carboxylic acids is 1. The molecule has 2 aromatic heterocycles. The molecule has 3 heterocycles. The topological polar surface area (TPSA) is 84.3 Å². The van der Waals surface area contributed by atoms with Gasteiger partial charge in [-0.15, -0.1) is 0 Å². The lowest BCUT2D eigenvalue weighted by Gasteiger charge is -2.36. The fourth-order valence-corrected chi connectivity index (χ4v) is 3.67. The zero-order valence-corrected chi connectivity index (χ0v) is 18.1. The summed E-state index contributed by atoms with van der Waals surface area (Å²) in [7, 11) is 0. The van der Waals surface area contributed by atoms with Gasteiger partial charge in [0, 0.05) is 44.0 Å². The Kier molecular flexibility index (Phi) is 6.06. The highest BCUT2D eigenvalue weighted by Gasteiger charge is 2.25. The summed E-state index contributed by atoms with van der Waals surface area (Å²) in [6.07, 6.45) is 1.56. The number of anilines is 2. The van der Waals surface area contributed by atoms with E-state index < -0.39 is 0 Å². The highest BCUT2D eigenvalue weighted by molar-refractivity contribution is 5.94. The Labute approximate surface area is 181 Å². The van der Waals surface area contributed by atoms with Crippen molar-refractivity contribution >= 4 is 17.6 Å². The summed E-state index contributed by atoms with van der Waals surface area (Å²) >= 11 is 0. The number of hydrogen-bond donors (Lipinski definition) is 0. The van der Waals surface area contributed by atoms with E-state index in [4.69, 9.17) is 4.74 Å². The predicted molar refractivity (Wildman–Crippen MR) is 119 cm³/mol. The fraction of sp³-hybridized carbons (Fsp3) is 0.348. The number of hydrogen-bond acceptors (Lipinski definition) is 8. The third kappa shape index (κ3) is 4.63. The van der Waals surface area contributed by atoms with Crippen LogP contribution in [0.25, 0.3) is 11.3 Å². The van der Waals surface area contributed by atoms with Crippen LogP contribution >= 0.6 is 0 Å². The lowest BCUT2D eigenvalue weighted by atomic mass is 10.1. The maximum atomic E-state index is 12.4. The van der Waals surface area contributed by atoms with Crippen LogP contribution < -0.4 is 9.80 Å². The van der Waals surface area contributed by atoms with Crippen LogP contribution in [0.15, 0.2) is 42.6 Å². The number of nitrogens with zero attached hydrogens (tertiary/aromatic N) is 6. The number of aryl methyl sites for hydroxylation is 2. The molecule has 0 spiro atoms. The number of aromatic nitrogens is 4. The van der Waals surface area contributed by atoms with Gasteiger partial charge in [-0.1, -0.05) is 30.3 Å². The van der Waals surface area contributed by atoms with Crippen LogP contribution in [0, 0.1) is 13.8 Å². The maximum absolute atomic E-state index is 12.4. The molecule has 1 aliphatic heterocycles. The van der Waals surface area contributed by atoms with E-state index in [1.807, 2.05) is 38.1 Å². The Bertz CT molecular complexity index is 1060. The Morgan fingerprint density at radius 3 is 2.39 bits per heavy atom. The van der Waals surface area contributed by atoms with Gasteiger partial charge in [0.1, 0.15) is 28.8 Å². The summed E-state index contributed by atoms with van der Waals surface area (Å²) in [6, 6.07) is 12.2. The SMILES string of the molecule is CCOC(=O)c1cnc(C)nc1N1CCN(c2cc(-c3ccccc3)nc(C)n2)CC1. The summed E-state index contributed by atoms with van der Waals surface area (Å²) in [6.45, 7) is 8.80. The number of benzene rings is 1. The van der Waals surface area contributed by atoms with Crippen molar-refractivity contribution in [1.29, 1.82) is 0 Å². The molecule has 1 aliphatic rings. The number of rotatable bonds is 5. The molecule has 0 aliphatic carbocycles. The van der Waals surface area contributed by atoms with E-state index in [-0.39, 0.29) is 5.97 Å². The highest BCUT2D eigenvalue weighted by atomic mass is 16.5. The molecule has 0 amide bonds. The third-order valence-corrected chi connectivity index (χ3v) is 5.18. The minimum absolute atomic E-state index is 0.316. The van der Waals surface area contributed by atoms with Crippen LogP contribution in [0.2, 0.25) is 0 Å². The van der Waals surface area contributed by atoms with Crippen LogP contribution in [0.1, 0.15) is 28.9 Å². The molecule has 3 aromatic rings. The van der Waals surface area contributed by atoms with Crippen LogP contribution in [-0.2, 0) is 4.74 Å². The summed E-state index contributed by atoms with van der Waals surface area (Å²) in [5.74, 6) is 2.53. The van der Waals surface area contributed by atoms with Gasteiger partial charge in [0.2, 0.25) is 0 Å². The third-order valence-electron chi connectivity index (χ3n) is 5.18. The van der Waals surface area contributed by atoms with Crippen molar-refractivity contribution in [2.24, 2.45) is 0 Å². The van der Waals surface area contributed by atoms with Crippen LogP contribution in [0.3, 0.4) is 0 Å².